The van der Waals surface area contributed by atoms with Crippen LogP contribution in [0.5, 0.6) is 0 Å². The lowest BCUT2D eigenvalue weighted by Gasteiger charge is -2.30. The lowest BCUT2D eigenvalue weighted by Crippen LogP contribution is -2.38. The van der Waals surface area contributed by atoms with Crippen molar-refractivity contribution in [1.29, 1.82) is 0 Å². The van der Waals surface area contributed by atoms with Crippen molar-refractivity contribution in [1.82, 2.24) is 20.4 Å². The van der Waals surface area contributed by atoms with E-state index in [2.05, 4.69) is 27.3 Å². The molecule has 0 saturated carbocycles. The fourth-order valence-electron chi connectivity index (χ4n) is 2.75. The summed E-state index contributed by atoms with van der Waals surface area (Å²) in [6.07, 6.45) is 2.26. The average molecular weight is 266 g/mol. The van der Waals surface area contributed by atoms with Crippen LogP contribution >= 0.6 is 0 Å². The molecule has 0 bridgehead atoms. The molecule has 1 aromatic heterocycles. The van der Waals surface area contributed by atoms with Gasteiger partial charge in [0.05, 0.1) is 12.5 Å². The largest absolute Gasteiger partial charge is 0.367 e. The second kappa shape index (κ2) is 5.98. The minimum atomic E-state index is -0.0391. The van der Waals surface area contributed by atoms with Crippen molar-refractivity contribution in [3.63, 3.8) is 0 Å². The zero-order valence-electron chi connectivity index (χ0n) is 11.5. The second-order valence-electron chi connectivity index (χ2n) is 5.29. The highest BCUT2D eigenvalue weighted by atomic mass is 16.5. The number of likely N-dealkylation sites (N-methyl/N-ethyl adjacent to an activating group) is 1. The predicted molar refractivity (Wildman–Crippen MR) is 69.9 cm³/mol. The fourth-order valence-corrected chi connectivity index (χ4v) is 2.75. The molecule has 0 aliphatic carbocycles. The van der Waals surface area contributed by atoms with E-state index in [9.17, 15) is 0 Å². The number of aromatic nitrogens is 2. The van der Waals surface area contributed by atoms with E-state index >= 15 is 0 Å². The Hall–Kier alpha value is -0.980. The lowest BCUT2D eigenvalue weighted by molar-refractivity contribution is -0.0334. The molecule has 0 aromatic carbocycles. The number of nitrogens with one attached hydrogen (secondary N) is 1. The van der Waals surface area contributed by atoms with Gasteiger partial charge in [-0.2, -0.15) is 4.98 Å². The zero-order chi connectivity index (χ0) is 13.1. The van der Waals surface area contributed by atoms with Crippen LogP contribution in [-0.2, 0) is 4.74 Å². The standard InChI is InChI=1S/C13H22N4O2/c1-2-17-6-7-18-11(9-17)12-15-13(19-16-12)10-4-3-5-14-8-10/h10-11,14H,2-9H2,1H3/t10-,11?/m0/s1. The quantitative estimate of drug-likeness (QED) is 0.878. The summed E-state index contributed by atoms with van der Waals surface area (Å²) in [5, 5.41) is 7.49. The number of hydrogen-bond acceptors (Lipinski definition) is 6. The van der Waals surface area contributed by atoms with Gasteiger partial charge in [0.25, 0.3) is 0 Å². The van der Waals surface area contributed by atoms with Crippen molar-refractivity contribution in [3.8, 4) is 0 Å². The van der Waals surface area contributed by atoms with E-state index in [4.69, 9.17) is 9.26 Å². The van der Waals surface area contributed by atoms with E-state index in [1.54, 1.807) is 0 Å². The van der Waals surface area contributed by atoms with Gasteiger partial charge in [-0.1, -0.05) is 12.1 Å². The summed E-state index contributed by atoms with van der Waals surface area (Å²) in [5.74, 6) is 1.83. The number of morpholine rings is 1. The zero-order valence-corrected chi connectivity index (χ0v) is 11.5. The fraction of sp³-hybridized carbons (Fsp3) is 0.846. The minimum Gasteiger partial charge on any atom is -0.367 e. The maximum atomic E-state index is 5.75. The summed E-state index contributed by atoms with van der Waals surface area (Å²) in [7, 11) is 0. The van der Waals surface area contributed by atoms with Gasteiger partial charge >= 0.3 is 0 Å². The lowest BCUT2D eigenvalue weighted by atomic mass is 10.00. The van der Waals surface area contributed by atoms with Crippen LogP contribution in [0.1, 0.15) is 43.5 Å². The Morgan fingerprint density at radius 3 is 3.21 bits per heavy atom. The molecule has 3 heterocycles. The Bertz CT molecular complexity index is 403. The summed E-state index contributed by atoms with van der Waals surface area (Å²) < 4.78 is 11.2. The van der Waals surface area contributed by atoms with Gasteiger partial charge in [0.2, 0.25) is 11.7 Å². The molecule has 2 aliphatic rings. The second-order valence-corrected chi connectivity index (χ2v) is 5.29. The summed E-state index contributed by atoms with van der Waals surface area (Å²) in [4.78, 5) is 6.91. The van der Waals surface area contributed by atoms with Crippen molar-refractivity contribution in [3.05, 3.63) is 11.7 Å². The van der Waals surface area contributed by atoms with Gasteiger partial charge < -0.3 is 14.6 Å². The Morgan fingerprint density at radius 2 is 2.42 bits per heavy atom. The molecular weight excluding hydrogens is 244 g/mol. The topological polar surface area (TPSA) is 63.4 Å². The predicted octanol–water partition coefficient (Wildman–Crippen LogP) is 0.930. The van der Waals surface area contributed by atoms with Gasteiger partial charge in [0, 0.05) is 19.6 Å². The smallest absolute Gasteiger partial charge is 0.231 e. The van der Waals surface area contributed by atoms with Crippen molar-refractivity contribution in [2.45, 2.75) is 31.8 Å². The molecule has 1 aromatic rings. The third-order valence-electron chi connectivity index (χ3n) is 3.99. The Labute approximate surface area is 113 Å². The SMILES string of the molecule is CCN1CCOC(c2noc([C@H]3CCCNC3)n2)C1. The molecule has 6 heteroatoms. The molecule has 6 nitrogen and oxygen atoms in total. The van der Waals surface area contributed by atoms with E-state index in [0.717, 1.165) is 51.6 Å². The molecule has 2 atom stereocenters. The average Bonchev–Trinajstić information content (AvgIpc) is 2.98. The number of rotatable bonds is 3. The summed E-state index contributed by atoms with van der Waals surface area (Å²) in [5.41, 5.74) is 0. The molecule has 3 rings (SSSR count). The van der Waals surface area contributed by atoms with Gasteiger partial charge in [-0.15, -0.1) is 0 Å². The van der Waals surface area contributed by atoms with Crippen LogP contribution in [0, 0.1) is 0 Å². The summed E-state index contributed by atoms with van der Waals surface area (Å²) in [6.45, 7) is 7.83. The first kappa shape index (κ1) is 13.0. The van der Waals surface area contributed by atoms with Crippen LogP contribution in [0.15, 0.2) is 4.52 Å². The number of nitrogens with zero attached hydrogens (tertiary/aromatic N) is 3. The molecule has 0 spiro atoms. The molecule has 106 valence electrons. The van der Waals surface area contributed by atoms with Gasteiger partial charge in [0.15, 0.2) is 0 Å². The molecule has 2 aliphatic heterocycles. The van der Waals surface area contributed by atoms with Crippen LogP contribution in [0.2, 0.25) is 0 Å². The number of ether oxygens (including phenoxy) is 1. The van der Waals surface area contributed by atoms with E-state index in [-0.39, 0.29) is 6.10 Å². The van der Waals surface area contributed by atoms with Crippen molar-refractivity contribution in [2.75, 3.05) is 39.3 Å². The Morgan fingerprint density at radius 1 is 1.47 bits per heavy atom. The molecule has 1 N–H and O–H groups in total. The molecule has 2 saturated heterocycles. The van der Waals surface area contributed by atoms with Crippen molar-refractivity contribution in [2.24, 2.45) is 0 Å². The molecule has 0 amide bonds. The Kier molecular flexibility index (Phi) is 4.10. The van der Waals surface area contributed by atoms with Crippen molar-refractivity contribution >= 4 is 0 Å². The highest BCUT2D eigenvalue weighted by Gasteiger charge is 2.27. The van der Waals surface area contributed by atoms with E-state index in [0.29, 0.717) is 11.7 Å². The normalized spacial score (nSPS) is 29.5. The monoisotopic (exact) mass is 266 g/mol. The van der Waals surface area contributed by atoms with Crippen LogP contribution in [-0.4, -0.2) is 54.4 Å². The number of hydrogen-bond donors (Lipinski definition) is 1. The van der Waals surface area contributed by atoms with Crippen LogP contribution in [0.25, 0.3) is 0 Å². The van der Waals surface area contributed by atoms with Crippen LogP contribution < -0.4 is 5.32 Å². The third kappa shape index (κ3) is 2.96. The molecule has 1 unspecified atom stereocenters. The molecule has 19 heavy (non-hydrogen) atoms. The first-order valence-corrected chi connectivity index (χ1v) is 7.25. The van der Waals surface area contributed by atoms with E-state index in [1.807, 2.05) is 0 Å². The Balaban J connectivity index is 1.66. The van der Waals surface area contributed by atoms with Crippen molar-refractivity contribution < 1.29 is 9.26 Å². The van der Waals surface area contributed by atoms with Gasteiger partial charge in [-0.3, -0.25) is 4.90 Å². The maximum Gasteiger partial charge on any atom is 0.231 e. The molecular formula is C13H22N4O2. The first-order chi connectivity index (χ1) is 9.36. The van der Waals surface area contributed by atoms with Gasteiger partial charge in [0.1, 0.15) is 6.10 Å². The highest BCUT2D eigenvalue weighted by molar-refractivity contribution is 5.00. The highest BCUT2D eigenvalue weighted by Crippen LogP contribution is 2.25. The molecule has 0 radical (unpaired) electrons. The maximum absolute atomic E-state index is 5.75. The minimum absolute atomic E-state index is 0.0391. The van der Waals surface area contributed by atoms with Crippen LogP contribution in [0.4, 0.5) is 0 Å². The van der Waals surface area contributed by atoms with Gasteiger partial charge in [-0.25, -0.2) is 0 Å². The summed E-state index contributed by atoms with van der Waals surface area (Å²) >= 11 is 0. The number of piperidine rings is 1. The third-order valence-corrected chi connectivity index (χ3v) is 3.99. The van der Waals surface area contributed by atoms with E-state index in [1.165, 1.54) is 6.42 Å². The summed E-state index contributed by atoms with van der Waals surface area (Å²) in [6, 6.07) is 0. The molecule has 2 fully saturated rings. The van der Waals surface area contributed by atoms with Gasteiger partial charge in [-0.05, 0) is 25.9 Å². The first-order valence-electron chi connectivity index (χ1n) is 7.25. The van der Waals surface area contributed by atoms with Crippen LogP contribution in [0.3, 0.4) is 0 Å². The van der Waals surface area contributed by atoms with E-state index < -0.39 is 0 Å².